The molecule has 0 amide bonds. The summed E-state index contributed by atoms with van der Waals surface area (Å²) in [6, 6.07) is 30.7. The van der Waals surface area contributed by atoms with E-state index in [-0.39, 0.29) is 13.2 Å². The predicted molar refractivity (Wildman–Crippen MR) is 127 cm³/mol. The Morgan fingerprint density at radius 3 is 2.19 bits per heavy atom. The van der Waals surface area contributed by atoms with Gasteiger partial charge in [0.15, 0.2) is 0 Å². The zero-order chi connectivity index (χ0) is 21.2. The van der Waals surface area contributed by atoms with Gasteiger partial charge in [-0.25, -0.2) is 0 Å². The van der Waals surface area contributed by atoms with Gasteiger partial charge in [0, 0.05) is 16.2 Å². The Balaban J connectivity index is 1.37. The smallest absolute Gasteiger partial charge is 0.135 e. The van der Waals surface area contributed by atoms with Crippen molar-refractivity contribution in [3.8, 4) is 11.5 Å². The summed E-state index contributed by atoms with van der Waals surface area (Å²) in [5, 5.41) is 17.1. The molecule has 1 unspecified atom stereocenters. The van der Waals surface area contributed by atoms with Gasteiger partial charge in [0.2, 0.25) is 0 Å². The molecule has 0 saturated heterocycles. The average Bonchev–Trinajstić information content (AvgIpc) is 2.80. The molecule has 31 heavy (non-hydrogen) atoms. The Bertz CT molecular complexity index is 1370. The van der Waals surface area contributed by atoms with E-state index in [0.29, 0.717) is 0 Å². The lowest BCUT2D eigenvalue weighted by molar-refractivity contribution is 0.0642. The first-order valence-corrected chi connectivity index (χ1v) is 10.5. The number of ether oxygens (including phenoxy) is 2. The van der Waals surface area contributed by atoms with Crippen LogP contribution in [0.5, 0.6) is 11.5 Å². The zero-order valence-corrected chi connectivity index (χ0v) is 17.4. The highest BCUT2D eigenvalue weighted by Gasteiger charge is 2.13. The predicted octanol–water partition coefficient (Wildman–Crippen LogP) is 6.27. The minimum atomic E-state index is -0.752. The van der Waals surface area contributed by atoms with Gasteiger partial charge in [-0.2, -0.15) is 0 Å². The monoisotopic (exact) mass is 408 g/mol. The van der Waals surface area contributed by atoms with Gasteiger partial charge in [-0.1, -0.05) is 78.4 Å². The molecule has 5 rings (SSSR count). The van der Waals surface area contributed by atoms with Crippen molar-refractivity contribution in [3.05, 3.63) is 96.6 Å². The van der Waals surface area contributed by atoms with Crippen molar-refractivity contribution in [3.63, 3.8) is 0 Å². The minimum Gasteiger partial charge on any atom is -0.490 e. The van der Waals surface area contributed by atoms with Crippen LogP contribution in [-0.2, 0) is 0 Å². The van der Waals surface area contributed by atoms with Crippen molar-refractivity contribution < 1.29 is 14.6 Å². The van der Waals surface area contributed by atoms with E-state index in [4.69, 9.17) is 9.47 Å². The van der Waals surface area contributed by atoms with E-state index in [2.05, 4.69) is 55.5 Å². The van der Waals surface area contributed by atoms with Gasteiger partial charge < -0.3 is 14.6 Å². The summed E-state index contributed by atoms with van der Waals surface area (Å²) in [5.41, 5.74) is 1.17. The third-order valence-corrected chi connectivity index (χ3v) is 5.57. The normalized spacial score (nSPS) is 12.3. The lowest BCUT2D eigenvalue weighted by Gasteiger charge is -2.17. The molecular formula is C28H24O3. The summed E-state index contributed by atoms with van der Waals surface area (Å²) in [7, 11) is 0. The number of aryl methyl sites for hydroxylation is 1. The van der Waals surface area contributed by atoms with Gasteiger partial charge in [-0.3, -0.25) is 0 Å². The van der Waals surface area contributed by atoms with Crippen LogP contribution in [0.4, 0.5) is 0 Å². The molecule has 0 aromatic heterocycles. The highest BCUT2D eigenvalue weighted by molar-refractivity contribution is 6.05. The van der Waals surface area contributed by atoms with Crippen LogP contribution >= 0.6 is 0 Å². The first kappa shape index (κ1) is 19.4. The molecule has 0 bridgehead atoms. The maximum atomic E-state index is 10.6. The first-order chi connectivity index (χ1) is 15.2. The quantitative estimate of drug-likeness (QED) is 0.336. The fourth-order valence-corrected chi connectivity index (χ4v) is 4.03. The van der Waals surface area contributed by atoms with Crippen LogP contribution in [0.2, 0.25) is 0 Å². The summed E-state index contributed by atoms with van der Waals surface area (Å²) >= 11 is 0. The van der Waals surface area contributed by atoms with E-state index >= 15 is 0 Å². The number of aliphatic hydroxyl groups excluding tert-OH is 1. The number of fused-ring (bicyclic) bond motifs is 3. The number of rotatable bonds is 6. The van der Waals surface area contributed by atoms with Gasteiger partial charge >= 0.3 is 0 Å². The SMILES string of the molecule is Cc1ccc2cc3ccccc3c(OCC(O)COc3cccc4ccccc34)c2c1. The van der Waals surface area contributed by atoms with E-state index in [0.717, 1.165) is 43.8 Å². The van der Waals surface area contributed by atoms with Crippen LogP contribution in [0.3, 0.4) is 0 Å². The van der Waals surface area contributed by atoms with E-state index in [1.54, 1.807) is 0 Å². The molecule has 5 aromatic rings. The van der Waals surface area contributed by atoms with Crippen molar-refractivity contribution in [1.29, 1.82) is 0 Å². The average molecular weight is 408 g/mol. The summed E-state index contributed by atoms with van der Waals surface area (Å²) in [6.45, 7) is 2.39. The van der Waals surface area contributed by atoms with Crippen LogP contribution < -0.4 is 9.47 Å². The molecule has 154 valence electrons. The number of hydrogen-bond acceptors (Lipinski definition) is 3. The lowest BCUT2D eigenvalue weighted by atomic mass is 10.0. The highest BCUT2D eigenvalue weighted by atomic mass is 16.5. The summed E-state index contributed by atoms with van der Waals surface area (Å²) in [5.74, 6) is 1.57. The molecule has 3 nitrogen and oxygen atoms in total. The Morgan fingerprint density at radius 1 is 0.645 bits per heavy atom. The van der Waals surface area contributed by atoms with Crippen molar-refractivity contribution in [1.82, 2.24) is 0 Å². The van der Waals surface area contributed by atoms with Crippen LogP contribution in [0, 0.1) is 6.92 Å². The van der Waals surface area contributed by atoms with Gasteiger partial charge in [0.25, 0.3) is 0 Å². The molecule has 0 aliphatic heterocycles. The molecule has 3 heteroatoms. The zero-order valence-electron chi connectivity index (χ0n) is 17.4. The molecule has 0 saturated carbocycles. The molecule has 0 aliphatic carbocycles. The van der Waals surface area contributed by atoms with Crippen molar-refractivity contribution in [2.75, 3.05) is 13.2 Å². The molecule has 0 heterocycles. The highest BCUT2D eigenvalue weighted by Crippen LogP contribution is 2.35. The molecule has 1 atom stereocenters. The van der Waals surface area contributed by atoms with E-state index in [9.17, 15) is 5.11 Å². The third kappa shape index (κ3) is 3.92. The molecular weight excluding hydrogens is 384 g/mol. The first-order valence-electron chi connectivity index (χ1n) is 10.5. The maximum absolute atomic E-state index is 10.6. The molecule has 0 radical (unpaired) electrons. The molecule has 0 aliphatic rings. The van der Waals surface area contributed by atoms with Gasteiger partial charge in [-0.05, 0) is 41.3 Å². The van der Waals surface area contributed by atoms with Crippen molar-refractivity contribution in [2.24, 2.45) is 0 Å². The molecule has 0 spiro atoms. The topological polar surface area (TPSA) is 38.7 Å². The van der Waals surface area contributed by atoms with E-state index in [1.807, 2.05) is 42.5 Å². The summed E-state index contributed by atoms with van der Waals surface area (Å²) in [4.78, 5) is 0. The Labute approximate surface area is 181 Å². The van der Waals surface area contributed by atoms with Crippen LogP contribution in [0.1, 0.15) is 5.56 Å². The van der Waals surface area contributed by atoms with Crippen molar-refractivity contribution >= 4 is 32.3 Å². The van der Waals surface area contributed by atoms with E-state index < -0.39 is 6.10 Å². The second-order valence-electron chi connectivity index (χ2n) is 7.90. The standard InChI is InChI=1S/C28H24O3/c1-19-13-14-22-16-21-8-3-5-11-25(21)28(26(22)15-19)31-18-23(29)17-30-27-12-6-9-20-7-2-4-10-24(20)27/h2-16,23,29H,17-18H2,1H3. The van der Waals surface area contributed by atoms with Gasteiger partial charge in [0.1, 0.15) is 30.8 Å². The molecule has 5 aromatic carbocycles. The summed E-state index contributed by atoms with van der Waals surface area (Å²) < 4.78 is 12.1. The fourth-order valence-electron chi connectivity index (χ4n) is 4.03. The maximum Gasteiger partial charge on any atom is 0.135 e. The molecule has 1 N–H and O–H groups in total. The summed E-state index contributed by atoms with van der Waals surface area (Å²) in [6.07, 6.45) is -0.752. The Hall–Kier alpha value is -3.56. The number of aliphatic hydroxyl groups is 1. The minimum absolute atomic E-state index is 0.155. The van der Waals surface area contributed by atoms with Crippen LogP contribution in [0.25, 0.3) is 32.3 Å². The van der Waals surface area contributed by atoms with Crippen LogP contribution in [-0.4, -0.2) is 24.4 Å². The fraction of sp³-hybridized carbons (Fsp3) is 0.143. The lowest BCUT2D eigenvalue weighted by Crippen LogP contribution is -2.25. The second-order valence-corrected chi connectivity index (χ2v) is 7.90. The third-order valence-electron chi connectivity index (χ3n) is 5.57. The second kappa shape index (κ2) is 8.29. The van der Waals surface area contributed by atoms with Crippen LogP contribution in [0.15, 0.2) is 91.0 Å². The Kier molecular flexibility index (Phi) is 5.19. The van der Waals surface area contributed by atoms with E-state index in [1.165, 1.54) is 5.56 Å². The molecule has 0 fully saturated rings. The van der Waals surface area contributed by atoms with Gasteiger partial charge in [-0.15, -0.1) is 0 Å². The Morgan fingerprint density at radius 2 is 1.32 bits per heavy atom. The number of benzene rings is 5. The van der Waals surface area contributed by atoms with Crippen molar-refractivity contribution in [2.45, 2.75) is 13.0 Å². The largest absolute Gasteiger partial charge is 0.490 e. The number of hydrogen-bond donors (Lipinski definition) is 1. The van der Waals surface area contributed by atoms with Gasteiger partial charge in [0.05, 0.1) is 0 Å².